The van der Waals surface area contributed by atoms with Gasteiger partial charge in [-0.3, -0.25) is 9.80 Å². The average molecular weight is 310 g/mol. The van der Waals surface area contributed by atoms with Crippen LogP contribution in [-0.4, -0.2) is 23.9 Å². The van der Waals surface area contributed by atoms with Crippen molar-refractivity contribution in [1.29, 1.82) is 0 Å². The van der Waals surface area contributed by atoms with Crippen LogP contribution in [0.15, 0.2) is 59.7 Å². The molecule has 2 atom stereocenters. The van der Waals surface area contributed by atoms with Gasteiger partial charge in [0.05, 0.1) is 24.6 Å². The van der Waals surface area contributed by atoms with Crippen LogP contribution in [0.4, 0.5) is 5.69 Å². The SMILES string of the molecule is COc1cccc(N2N=C(C)C(C(=O)O)C2c2ccccc2)c1. The molecule has 23 heavy (non-hydrogen) atoms. The highest BCUT2D eigenvalue weighted by Gasteiger charge is 2.41. The molecule has 1 aliphatic heterocycles. The summed E-state index contributed by atoms with van der Waals surface area (Å²) >= 11 is 0. The number of methoxy groups -OCH3 is 1. The van der Waals surface area contributed by atoms with Crippen LogP contribution in [-0.2, 0) is 4.79 Å². The van der Waals surface area contributed by atoms with Gasteiger partial charge in [-0.05, 0) is 24.6 Å². The smallest absolute Gasteiger partial charge is 0.314 e. The van der Waals surface area contributed by atoms with Crippen molar-refractivity contribution in [1.82, 2.24) is 0 Å². The Labute approximate surface area is 134 Å². The zero-order chi connectivity index (χ0) is 16.4. The summed E-state index contributed by atoms with van der Waals surface area (Å²) in [5.41, 5.74) is 2.32. The first-order valence-electron chi connectivity index (χ1n) is 7.38. The van der Waals surface area contributed by atoms with Crippen molar-refractivity contribution in [2.45, 2.75) is 13.0 Å². The average Bonchev–Trinajstić information content (AvgIpc) is 2.93. The number of hydrogen-bond donors (Lipinski definition) is 1. The zero-order valence-corrected chi connectivity index (χ0v) is 13.0. The largest absolute Gasteiger partial charge is 0.497 e. The monoisotopic (exact) mass is 310 g/mol. The lowest BCUT2D eigenvalue weighted by Gasteiger charge is -2.27. The Kier molecular flexibility index (Phi) is 4.02. The van der Waals surface area contributed by atoms with E-state index in [1.807, 2.05) is 54.6 Å². The summed E-state index contributed by atoms with van der Waals surface area (Å²) in [7, 11) is 1.60. The molecule has 2 aromatic rings. The molecule has 0 amide bonds. The summed E-state index contributed by atoms with van der Waals surface area (Å²) in [6.45, 7) is 1.76. The normalized spacial score (nSPS) is 20.3. The second-order valence-corrected chi connectivity index (χ2v) is 5.46. The van der Waals surface area contributed by atoms with Gasteiger partial charge in [0, 0.05) is 6.07 Å². The molecule has 2 aromatic carbocycles. The Bertz CT molecular complexity index is 743. The minimum absolute atomic E-state index is 0.374. The predicted molar refractivity (Wildman–Crippen MR) is 88.9 cm³/mol. The summed E-state index contributed by atoms with van der Waals surface area (Å²) in [5.74, 6) is -0.838. The molecule has 0 bridgehead atoms. The molecular weight excluding hydrogens is 292 g/mol. The summed E-state index contributed by atoms with van der Waals surface area (Å²) in [4.78, 5) is 11.8. The van der Waals surface area contributed by atoms with Gasteiger partial charge in [0.1, 0.15) is 11.7 Å². The molecular formula is C18H18N2O3. The number of anilines is 1. The Morgan fingerprint density at radius 3 is 2.57 bits per heavy atom. The molecule has 5 nitrogen and oxygen atoms in total. The van der Waals surface area contributed by atoms with Crippen molar-refractivity contribution in [3.63, 3.8) is 0 Å². The summed E-state index contributed by atoms with van der Waals surface area (Å²) in [5, 5.41) is 15.9. The van der Waals surface area contributed by atoms with E-state index >= 15 is 0 Å². The molecule has 0 radical (unpaired) electrons. The van der Waals surface area contributed by atoms with Crippen molar-refractivity contribution in [2.24, 2.45) is 11.0 Å². The molecule has 0 saturated carbocycles. The van der Waals surface area contributed by atoms with Gasteiger partial charge in [-0.1, -0.05) is 36.4 Å². The third kappa shape index (κ3) is 2.77. The fraction of sp³-hybridized carbons (Fsp3) is 0.222. The Morgan fingerprint density at radius 2 is 1.91 bits per heavy atom. The highest BCUT2D eigenvalue weighted by molar-refractivity contribution is 6.03. The van der Waals surface area contributed by atoms with Crippen LogP contribution in [0.5, 0.6) is 5.75 Å². The van der Waals surface area contributed by atoms with Crippen molar-refractivity contribution >= 4 is 17.4 Å². The number of rotatable bonds is 4. The zero-order valence-electron chi connectivity index (χ0n) is 13.0. The van der Waals surface area contributed by atoms with E-state index in [1.54, 1.807) is 19.0 Å². The number of hydrazone groups is 1. The summed E-state index contributed by atoms with van der Waals surface area (Å²) in [6, 6.07) is 16.7. The number of aliphatic carboxylic acids is 1. The van der Waals surface area contributed by atoms with E-state index < -0.39 is 11.9 Å². The summed E-state index contributed by atoms with van der Waals surface area (Å²) in [6.07, 6.45) is 0. The summed E-state index contributed by atoms with van der Waals surface area (Å²) < 4.78 is 5.27. The van der Waals surface area contributed by atoms with Crippen molar-refractivity contribution in [3.8, 4) is 5.75 Å². The van der Waals surface area contributed by atoms with E-state index in [1.165, 1.54) is 0 Å². The first-order valence-corrected chi connectivity index (χ1v) is 7.38. The number of hydrogen-bond acceptors (Lipinski definition) is 4. The van der Waals surface area contributed by atoms with Crippen LogP contribution in [0.3, 0.4) is 0 Å². The Morgan fingerprint density at radius 1 is 1.17 bits per heavy atom. The second kappa shape index (κ2) is 6.12. The number of carbonyl (C=O) groups is 1. The van der Waals surface area contributed by atoms with Gasteiger partial charge in [0.15, 0.2) is 0 Å². The number of ether oxygens (including phenoxy) is 1. The third-order valence-corrected chi connectivity index (χ3v) is 4.02. The maximum absolute atomic E-state index is 11.8. The van der Waals surface area contributed by atoms with Crippen molar-refractivity contribution in [3.05, 3.63) is 60.2 Å². The molecule has 0 aromatic heterocycles. The van der Waals surface area contributed by atoms with E-state index in [0.717, 1.165) is 11.3 Å². The van der Waals surface area contributed by atoms with Crippen molar-refractivity contribution in [2.75, 3.05) is 12.1 Å². The molecule has 0 aliphatic carbocycles. The molecule has 0 fully saturated rings. The Hall–Kier alpha value is -2.82. The topological polar surface area (TPSA) is 62.1 Å². The van der Waals surface area contributed by atoms with E-state index in [2.05, 4.69) is 5.10 Å². The molecule has 1 N–H and O–H groups in total. The first kappa shape index (κ1) is 15.1. The van der Waals surface area contributed by atoms with Gasteiger partial charge in [0.25, 0.3) is 0 Å². The lowest BCUT2D eigenvalue weighted by Crippen LogP contribution is -2.30. The fourth-order valence-electron chi connectivity index (χ4n) is 2.93. The van der Waals surface area contributed by atoms with Gasteiger partial charge >= 0.3 is 5.97 Å². The molecule has 0 saturated heterocycles. The van der Waals surface area contributed by atoms with Crippen molar-refractivity contribution < 1.29 is 14.6 Å². The van der Waals surface area contributed by atoms with Gasteiger partial charge in [0.2, 0.25) is 0 Å². The molecule has 1 heterocycles. The van der Waals surface area contributed by atoms with E-state index in [9.17, 15) is 9.90 Å². The first-order chi connectivity index (χ1) is 11.1. The predicted octanol–water partition coefficient (Wildman–Crippen LogP) is 3.33. The minimum atomic E-state index is -0.870. The number of carboxylic acids is 1. The van der Waals surface area contributed by atoms with Gasteiger partial charge in [-0.15, -0.1) is 0 Å². The Balaban J connectivity index is 2.08. The van der Waals surface area contributed by atoms with Crippen LogP contribution in [0.1, 0.15) is 18.5 Å². The quantitative estimate of drug-likeness (QED) is 0.941. The highest BCUT2D eigenvalue weighted by Crippen LogP contribution is 2.40. The van der Waals surface area contributed by atoms with Crippen LogP contribution in [0.25, 0.3) is 0 Å². The number of carboxylic acid groups (broad SMARTS) is 1. The molecule has 5 heteroatoms. The third-order valence-electron chi connectivity index (χ3n) is 4.02. The van der Waals surface area contributed by atoms with Crippen LogP contribution >= 0.6 is 0 Å². The van der Waals surface area contributed by atoms with Gasteiger partial charge < -0.3 is 9.84 Å². The molecule has 1 aliphatic rings. The lowest BCUT2D eigenvalue weighted by atomic mass is 9.90. The van der Waals surface area contributed by atoms with Gasteiger partial charge in [-0.25, -0.2) is 0 Å². The maximum Gasteiger partial charge on any atom is 0.314 e. The molecule has 2 unspecified atom stereocenters. The van der Waals surface area contributed by atoms with E-state index in [0.29, 0.717) is 11.5 Å². The highest BCUT2D eigenvalue weighted by atomic mass is 16.5. The maximum atomic E-state index is 11.8. The standard InChI is InChI=1S/C18H18N2O3/c1-12-16(18(21)22)17(13-7-4-3-5-8-13)20(19-12)14-9-6-10-15(11-14)23-2/h3-11,16-17H,1-2H3,(H,21,22). The van der Waals surface area contributed by atoms with E-state index in [4.69, 9.17) is 4.74 Å². The lowest BCUT2D eigenvalue weighted by molar-refractivity contribution is -0.139. The van der Waals surface area contributed by atoms with Gasteiger partial charge in [-0.2, -0.15) is 5.10 Å². The number of benzene rings is 2. The number of nitrogens with zero attached hydrogens (tertiary/aromatic N) is 2. The molecule has 0 spiro atoms. The molecule has 118 valence electrons. The molecule has 3 rings (SSSR count). The second-order valence-electron chi connectivity index (χ2n) is 5.46. The minimum Gasteiger partial charge on any atom is -0.497 e. The van der Waals surface area contributed by atoms with Crippen LogP contribution in [0.2, 0.25) is 0 Å². The fourth-order valence-corrected chi connectivity index (χ4v) is 2.93. The van der Waals surface area contributed by atoms with Crippen LogP contribution in [0, 0.1) is 5.92 Å². The van der Waals surface area contributed by atoms with E-state index in [-0.39, 0.29) is 6.04 Å². The van der Waals surface area contributed by atoms with Crippen LogP contribution < -0.4 is 9.75 Å².